The molecule has 3 aliphatic rings. The molecule has 0 radical (unpaired) electrons. The predicted octanol–water partition coefficient (Wildman–Crippen LogP) is 3.01. The Morgan fingerprint density at radius 2 is 2.04 bits per heavy atom. The van der Waals surface area contributed by atoms with Crippen LogP contribution < -0.4 is 11.1 Å². The third kappa shape index (κ3) is 2.89. The highest BCUT2D eigenvalue weighted by Gasteiger charge is 2.35. The van der Waals surface area contributed by atoms with Crippen molar-refractivity contribution in [2.45, 2.75) is 18.9 Å². The van der Waals surface area contributed by atoms with Crippen molar-refractivity contribution in [2.24, 2.45) is 5.92 Å². The summed E-state index contributed by atoms with van der Waals surface area (Å²) in [6, 6.07) is 8.91. The summed E-state index contributed by atoms with van der Waals surface area (Å²) < 4.78 is 5.72. The minimum absolute atomic E-state index is 0.161. The van der Waals surface area contributed by atoms with Crippen LogP contribution in [-0.4, -0.2) is 36.5 Å². The van der Waals surface area contributed by atoms with E-state index in [4.69, 9.17) is 21.8 Å². The third-order valence-corrected chi connectivity index (χ3v) is 5.37. The lowest BCUT2D eigenvalue weighted by Crippen LogP contribution is -2.57. The molecule has 5 rings (SSSR count). The number of carbonyl (C=O) groups is 1. The van der Waals surface area contributed by atoms with Crippen LogP contribution in [0, 0.1) is 5.92 Å². The average molecular weight is 346 g/mol. The van der Waals surface area contributed by atoms with Crippen molar-refractivity contribution in [1.82, 2.24) is 10.2 Å². The van der Waals surface area contributed by atoms with E-state index < -0.39 is 0 Å². The van der Waals surface area contributed by atoms with Crippen molar-refractivity contribution in [1.29, 1.82) is 0 Å². The van der Waals surface area contributed by atoms with Gasteiger partial charge in [0.05, 0.1) is 5.02 Å². The molecule has 126 valence electrons. The Morgan fingerprint density at radius 1 is 1.25 bits per heavy atom. The highest BCUT2D eigenvalue weighted by molar-refractivity contribution is 6.33. The fourth-order valence-corrected chi connectivity index (χ4v) is 3.99. The lowest BCUT2D eigenvalue weighted by atomic mass is 9.84. The number of rotatable bonds is 3. The molecule has 3 aliphatic heterocycles. The van der Waals surface area contributed by atoms with Crippen LogP contribution in [0.5, 0.6) is 0 Å². The monoisotopic (exact) mass is 345 g/mol. The highest BCUT2D eigenvalue weighted by Crippen LogP contribution is 2.31. The number of nitrogens with two attached hydrogens (primary N) is 1. The molecule has 6 heteroatoms. The topological polar surface area (TPSA) is 71.5 Å². The van der Waals surface area contributed by atoms with Gasteiger partial charge in [-0.05, 0) is 62.2 Å². The molecular weight excluding hydrogens is 326 g/mol. The fraction of sp³-hybridized carbons (Fsp3) is 0.389. The van der Waals surface area contributed by atoms with Crippen molar-refractivity contribution in [3.8, 4) is 11.3 Å². The Hall–Kier alpha value is -1.98. The van der Waals surface area contributed by atoms with Gasteiger partial charge in [-0.25, -0.2) is 0 Å². The van der Waals surface area contributed by atoms with Crippen LogP contribution in [0.3, 0.4) is 0 Å². The molecule has 0 spiro atoms. The van der Waals surface area contributed by atoms with Gasteiger partial charge in [0.15, 0.2) is 5.76 Å². The standard InChI is InChI=1S/C18H20ClN3O2/c19-14-9-12(20)1-2-13(14)16-3-4-17(24-16)18(23)21-15-10-22-7-5-11(15)6-8-22/h1-4,9,11,15H,5-8,10,20H2,(H,21,23). The molecule has 0 saturated carbocycles. The van der Waals surface area contributed by atoms with Gasteiger partial charge in [0.1, 0.15) is 5.76 Å². The maximum absolute atomic E-state index is 12.5. The van der Waals surface area contributed by atoms with E-state index in [1.807, 2.05) is 0 Å². The molecule has 24 heavy (non-hydrogen) atoms. The van der Waals surface area contributed by atoms with Crippen LogP contribution in [0.4, 0.5) is 5.69 Å². The molecule has 1 atom stereocenters. The number of benzene rings is 1. The van der Waals surface area contributed by atoms with Crippen molar-refractivity contribution in [2.75, 3.05) is 25.4 Å². The highest BCUT2D eigenvalue weighted by atomic mass is 35.5. The zero-order valence-electron chi connectivity index (χ0n) is 13.3. The third-order valence-electron chi connectivity index (χ3n) is 5.06. The number of furan rings is 1. The molecule has 4 heterocycles. The number of amides is 1. The number of piperidine rings is 3. The van der Waals surface area contributed by atoms with E-state index in [0.29, 0.717) is 28.1 Å². The number of fused-ring (bicyclic) bond motifs is 3. The number of hydrogen-bond acceptors (Lipinski definition) is 4. The maximum Gasteiger partial charge on any atom is 0.287 e. The number of nitrogens with one attached hydrogen (secondary N) is 1. The normalized spacial score (nSPS) is 25.6. The first kappa shape index (κ1) is 15.5. The summed E-state index contributed by atoms with van der Waals surface area (Å²) in [5, 5.41) is 3.64. The lowest BCUT2D eigenvalue weighted by Gasteiger charge is -2.44. The van der Waals surface area contributed by atoms with E-state index in [2.05, 4.69) is 10.2 Å². The van der Waals surface area contributed by atoms with Crippen LogP contribution >= 0.6 is 11.6 Å². The van der Waals surface area contributed by atoms with Gasteiger partial charge in [0, 0.05) is 23.8 Å². The second kappa shape index (κ2) is 6.15. The summed E-state index contributed by atoms with van der Waals surface area (Å²) in [7, 11) is 0. The van der Waals surface area contributed by atoms with E-state index in [9.17, 15) is 4.79 Å². The van der Waals surface area contributed by atoms with Crippen molar-refractivity contribution in [3.05, 3.63) is 41.1 Å². The van der Waals surface area contributed by atoms with Gasteiger partial charge in [0.2, 0.25) is 0 Å². The molecule has 1 unspecified atom stereocenters. The molecular formula is C18H20ClN3O2. The Bertz CT molecular complexity index is 765. The molecule has 1 amide bonds. The number of nitrogens with zero attached hydrogens (tertiary/aromatic N) is 1. The number of carbonyl (C=O) groups excluding carboxylic acids is 1. The number of halogens is 1. The zero-order valence-corrected chi connectivity index (χ0v) is 14.1. The van der Waals surface area contributed by atoms with Crippen LogP contribution in [-0.2, 0) is 0 Å². The van der Waals surface area contributed by atoms with Crippen LogP contribution in [0.1, 0.15) is 23.4 Å². The van der Waals surface area contributed by atoms with Gasteiger partial charge in [-0.3, -0.25) is 4.79 Å². The molecule has 5 nitrogen and oxygen atoms in total. The minimum atomic E-state index is -0.161. The molecule has 1 aromatic carbocycles. The van der Waals surface area contributed by atoms with Gasteiger partial charge in [-0.1, -0.05) is 11.6 Å². The molecule has 1 aromatic heterocycles. The van der Waals surface area contributed by atoms with Crippen LogP contribution in [0.2, 0.25) is 5.02 Å². The lowest BCUT2D eigenvalue weighted by molar-refractivity contribution is 0.0606. The largest absolute Gasteiger partial charge is 0.451 e. The number of nitrogen functional groups attached to an aromatic ring is 1. The first-order valence-corrected chi connectivity index (χ1v) is 8.66. The smallest absolute Gasteiger partial charge is 0.287 e. The van der Waals surface area contributed by atoms with Crippen molar-refractivity contribution >= 4 is 23.2 Å². The second-order valence-electron chi connectivity index (χ2n) is 6.62. The van der Waals surface area contributed by atoms with E-state index in [1.54, 1.807) is 30.3 Å². The van der Waals surface area contributed by atoms with Crippen molar-refractivity contribution < 1.29 is 9.21 Å². The number of anilines is 1. The second-order valence-corrected chi connectivity index (χ2v) is 7.03. The molecule has 3 N–H and O–H groups in total. The van der Waals surface area contributed by atoms with Gasteiger partial charge in [-0.2, -0.15) is 0 Å². The Kier molecular flexibility index (Phi) is 3.98. The summed E-state index contributed by atoms with van der Waals surface area (Å²) in [6.07, 6.45) is 2.32. The van der Waals surface area contributed by atoms with Gasteiger partial charge < -0.3 is 20.4 Å². The van der Waals surface area contributed by atoms with Crippen molar-refractivity contribution in [3.63, 3.8) is 0 Å². The first-order valence-electron chi connectivity index (χ1n) is 8.28. The predicted molar refractivity (Wildman–Crippen MR) is 94.0 cm³/mol. The molecule has 0 aliphatic carbocycles. The van der Waals surface area contributed by atoms with E-state index in [-0.39, 0.29) is 11.9 Å². The summed E-state index contributed by atoms with van der Waals surface area (Å²) in [5.74, 6) is 1.31. The average Bonchev–Trinajstić information content (AvgIpc) is 3.06. The molecule has 3 saturated heterocycles. The van der Waals surface area contributed by atoms with Gasteiger partial charge in [0.25, 0.3) is 5.91 Å². The summed E-state index contributed by atoms with van der Waals surface area (Å²) in [5.41, 5.74) is 7.03. The van der Waals surface area contributed by atoms with E-state index >= 15 is 0 Å². The van der Waals surface area contributed by atoms with Gasteiger partial charge in [-0.15, -0.1) is 0 Å². The van der Waals surface area contributed by atoms with Crippen LogP contribution in [0.15, 0.2) is 34.7 Å². The zero-order chi connectivity index (χ0) is 16.7. The summed E-state index contributed by atoms with van der Waals surface area (Å²) >= 11 is 6.21. The maximum atomic E-state index is 12.5. The minimum Gasteiger partial charge on any atom is -0.451 e. The van der Waals surface area contributed by atoms with Gasteiger partial charge >= 0.3 is 0 Å². The number of hydrogen-bond donors (Lipinski definition) is 2. The molecule has 3 fully saturated rings. The Morgan fingerprint density at radius 3 is 2.71 bits per heavy atom. The first-order chi connectivity index (χ1) is 11.6. The van der Waals surface area contributed by atoms with Crippen LogP contribution in [0.25, 0.3) is 11.3 Å². The quantitative estimate of drug-likeness (QED) is 0.839. The fourth-order valence-electron chi connectivity index (χ4n) is 3.70. The Labute approximate surface area is 145 Å². The summed E-state index contributed by atoms with van der Waals surface area (Å²) in [4.78, 5) is 14.9. The molecule has 2 bridgehead atoms. The van der Waals surface area contributed by atoms with E-state index in [0.717, 1.165) is 38.0 Å². The molecule has 2 aromatic rings. The SMILES string of the molecule is Nc1ccc(-c2ccc(C(=O)NC3CN4CCC3CC4)o2)c(Cl)c1. The Balaban J connectivity index is 1.49. The van der Waals surface area contributed by atoms with E-state index in [1.165, 1.54) is 0 Å². The summed E-state index contributed by atoms with van der Waals surface area (Å²) in [6.45, 7) is 3.24.